The van der Waals surface area contributed by atoms with Crippen LogP contribution in [0, 0.1) is 0 Å². The zero-order valence-corrected chi connectivity index (χ0v) is 5.20. The molecule has 1 rings (SSSR count). The van der Waals surface area contributed by atoms with Crippen LogP contribution < -0.4 is 22.5 Å². The van der Waals surface area contributed by atoms with Crippen molar-refractivity contribution in [1.82, 2.24) is 5.32 Å². The van der Waals surface area contributed by atoms with Gasteiger partial charge in [0.2, 0.25) is 0 Å². The highest BCUT2D eigenvalue weighted by molar-refractivity contribution is 5.96. The van der Waals surface area contributed by atoms with E-state index >= 15 is 0 Å². The Morgan fingerprint density at radius 1 is 1.60 bits per heavy atom. The molecule has 0 amide bonds. The average molecular weight is 143 g/mol. The second-order valence-corrected chi connectivity index (χ2v) is 1.97. The van der Waals surface area contributed by atoms with Crippen LogP contribution in [-0.4, -0.2) is 16.9 Å². The third-order valence-corrected chi connectivity index (χ3v) is 1.03. The summed E-state index contributed by atoms with van der Waals surface area (Å²) in [5, 5.41) is 11.3. The van der Waals surface area contributed by atoms with E-state index in [1.54, 1.807) is 0 Å². The number of aliphatic imine (C=N–C) groups is 1. The van der Waals surface area contributed by atoms with Crippen molar-refractivity contribution >= 4 is 5.84 Å². The highest BCUT2D eigenvalue weighted by Crippen LogP contribution is 1.99. The van der Waals surface area contributed by atoms with Gasteiger partial charge in [0, 0.05) is 6.20 Å². The summed E-state index contributed by atoms with van der Waals surface area (Å²) in [6.07, 6.45) is 1.29. The summed E-state index contributed by atoms with van der Waals surface area (Å²) >= 11 is 0. The lowest BCUT2D eigenvalue weighted by molar-refractivity contribution is 0.0330. The van der Waals surface area contributed by atoms with Crippen LogP contribution in [0.2, 0.25) is 0 Å². The van der Waals surface area contributed by atoms with E-state index in [1.165, 1.54) is 6.20 Å². The third-order valence-electron chi connectivity index (χ3n) is 1.03. The van der Waals surface area contributed by atoms with Gasteiger partial charge in [-0.25, -0.2) is 0 Å². The first-order valence-corrected chi connectivity index (χ1v) is 2.61. The van der Waals surface area contributed by atoms with E-state index in [0.717, 1.165) is 0 Å². The molecule has 0 aromatic heterocycles. The molecule has 0 saturated heterocycles. The molecule has 1 aliphatic heterocycles. The minimum atomic E-state index is -1.81. The van der Waals surface area contributed by atoms with Crippen LogP contribution in [0.3, 0.4) is 0 Å². The lowest BCUT2D eigenvalue weighted by atomic mass is 10.4. The van der Waals surface area contributed by atoms with E-state index < -0.39 is 5.97 Å². The summed E-state index contributed by atoms with van der Waals surface area (Å²) in [6.45, 7) is 0. The molecule has 0 bridgehead atoms. The summed E-state index contributed by atoms with van der Waals surface area (Å²) in [6, 6.07) is 0. The molecule has 10 heavy (non-hydrogen) atoms. The first kappa shape index (κ1) is 6.84. The Morgan fingerprint density at radius 3 is 2.60 bits per heavy atom. The smallest absolute Gasteiger partial charge is 0.296 e. The predicted octanol–water partition coefficient (Wildman–Crippen LogP) is -2.69. The van der Waals surface area contributed by atoms with Gasteiger partial charge >= 0.3 is 0 Å². The number of aliphatic hydroxyl groups is 1. The van der Waals surface area contributed by atoms with Gasteiger partial charge in [0.05, 0.1) is 5.70 Å². The molecular formula is C4H9N5O. The highest BCUT2D eigenvalue weighted by Gasteiger charge is 2.22. The Balaban J connectivity index is 2.87. The molecule has 0 aromatic rings. The number of hydrogen-bond acceptors (Lipinski definition) is 6. The van der Waals surface area contributed by atoms with E-state index in [2.05, 4.69) is 10.3 Å². The van der Waals surface area contributed by atoms with Crippen LogP contribution in [0.4, 0.5) is 0 Å². The minimum absolute atomic E-state index is 0.0313. The predicted molar refractivity (Wildman–Crippen MR) is 36.2 cm³/mol. The minimum Gasteiger partial charge on any atom is -0.395 e. The van der Waals surface area contributed by atoms with Crippen LogP contribution in [0.15, 0.2) is 16.9 Å². The fourth-order valence-corrected chi connectivity index (χ4v) is 0.538. The van der Waals surface area contributed by atoms with Crippen LogP contribution in [0.1, 0.15) is 0 Å². The Hall–Kier alpha value is -1.27. The molecule has 1 atom stereocenters. The Morgan fingerprint density at radius 2 is 2.20 bits per heavy atom. The number of nitrogens with two attached hydrogens (primary N) is 3. The van der Waals surface area contributed by atoms with Gasteiger partial charge in [0.15, 0.2) is 0 Å². The van der Waals surface area contributed by atoms with Crippen molar-refractivity contribution in [3.8, 4) is 0 Å². The summed E-state index contributed by atoms with van der Waals surface area (Å²) in [7, 11) is 0. The second kappa shape index (κ2) is 1.86. The molecule has 0 fully saturated rings. The maximum Gasteiger partial charge on any atom is 0.296 e. The molecular weight excluding hydrogens is 134 g/mol. The first-order chi connectivity index (χ1) is 4.51. The number of nitrogens with one attached hydrogen (secondary N) is 1. The lowest BCUT2D eigenvalue weighted by Gasteiger charge is -2.22. The molecule has 56 valence electrons. The molecule has 0 spiro atoms. The SMILES string of the molecule is NC1=CNC(N)(O)N=C1N. The largest absolute Gasteiger partial charge is 0.395 e. The monoisotopic (exact) mass is 143 g/mol. The Kier molecular flexibility index (Phi) is 1.27. The fourth-order valence-electron chi connectivity index (χ4n) is 0.538. The first-order valence-electron chi connectivity index (χ1n) is 2.61. The van der Waals surface area contributed by atoms with Crippen molar-refractivity contribution in [2.45, 2.75) is 5.97 Å². The van der Waals surface area contributed by atoms with Crippen molar-refractivity contribution in [3.05, 3.63) is 11.9 Å². The molecule has 8 N–H and O–H groups in total. The van der Waals surface area contributed by atoms with Crippen LogP contribution in [0.5, 0.6) is 0 Å². The topological polar surface area (TPSA) is 123 Å². The van der Waals surface area contributed by atoms with Gasteiger partial charge in [-0.05, 0) is 0 Å². The van der Waals surface area contributed by atoms with Gasteiger partial charge in [0.25, 0.3) is 5.97 Å². The maximum absolute atomic E-state index is 8.96. The van der Waals surface area contributed by atoms with Crippen molar-refractivity contribution in [2.24, 2.45) is 22.2 Å². The number of amidine groups is 1. The zero-order valence-electron chi connectivity index (χ0n) is 5.20. The Labute approximate surface area is 57.4 Å². The summed E-state index contributed by atoms with van der Waals surface area (Å²) < 4.78 is 0. The molecule has 0 aliphatic carbocycles. The fraction of sp³-hybridized carbons (Fsp3) is 0.250. The number of hydrogen-bond donors (Lipinski definition) is 5. The molecule has 0 saturated carbocycles. The molecule has 6 heteroatoms. The van der Waals surface area contributed by atoms with Crippen LogP contribution >= 0.6 is 0 Å². The van der Waals surface area contributed by atoms with E-state index in [0.29, 0.717) is 0 Å². The number of rotatable bonds is 0. The van der Waals surface area contributed by atoms with Gasteiger partial charge in [-0.2, -0.15) is 4.99 Å². The quantitative estimate of drug-likeness (QED) is 0.236. The summed E-state index contributed by atoms with van der Waals surface area (Å²) in [4.78, 5) is 3.42. The maximum atomic E-state index is 8.96. The van der Waals surface area contributed by atoms with E-state index in [4.69, 9.17) is 22.3 Å². The van der Waals surface area contributed by atoms with Crippen molar-refractivity contribution in [2.75, 3.05) is 0 Å². The van der Waals surface area contributed by atoms with Crippen LogP contribution in [0.25, 0.3) is 0 Å². The van der Waals surface area contributed by atoms with Crippen molar-refractivity contribution in [1.29, 1.82) is 0 Å². The molecule has 1 heterocycles. The third kappa shape index (κ3) is 1.17. The van der Waals surface area contributed by atoms with E-state index in [9.17, 15) is 0 Å². The molecule has 0 aromatic carbocycles. The molecule has 1 unspecified atom stereocenters. The van der Waals surface area contributed by atoms with Gasteiger partial charge in [0.1, 0.15) is 5.84 Å². The lowest BCUT2D eigenvalue weighted by Crippen LogP contribution is -2.53. The van der Waals surface area contributed by atoms with Gasteiger partial charge < -0.3 is 21.9 Å². The van der Waals surface area contributed by atoms with Gasteiger partial charge in [-0.15, -0.1) is 0 Å². The average Bonchev–Trinajstić information content (AvgIpc) is 1.79. The van der Waals surface area contributed by atoms with E-state index in [1.807, 2.05) is 0 Å². The van der Waals surface area contributed by atoms with E-state index in [-0.39, 0.29) is 11.5 Å². The van der Waals surface area contributed by atoms with Crippen LogP contribution in [-0.2, 0) is 0 Å². The second-order valence-electron chi connectivity index (χ2n) is 1.97. The zero-order chi connectivity index (χ0) is 7.78. The molecule has 0 radical (unpaired) electrons. The van der Waals surface area contributed by atoms with Crippen molar-refractivity contribution in [3.63, 3.8) is 0 Å². The normalized spacial score (nSPS) is 32.2. The summed E-state index contributed by atoms with van der Waals surface area (Å²) in [5.74, 6) is -1.78. The molecule has 6 nitrogen and oxygen atoms in total. The van der Waals surface area contributed by atoms with Gasteiger partial charge in [-0.3, -0.25) is 5.73 Å². The standard InChI is InChI=1S/C4H9N5O/c5-2-1-8-4(7,10)9-3(2)6/h1,8,10H,5,7H2,(H2,6,9). The van der Waals surface area contributed by atoms with Crippen molar-refractivity contribution < 1.29 is 5.11 Å². The molecule has 1 aliphatic rings. The summed E-state index contributed by atoms with van der Waals surface area (Å²) in [5.41, 5.74) is 15.9. The van der Waals surface area contributed by atoms with Gasteiger partial charge in [-0.1, -0.05) is 0 Å². The highest BCUT2D eigenvalue weighted by atomic mass is 16.3. The Bertz CT molecular complexity index is 206. The number of nitrogens with zero attached hydrogens (tertiary/aromatic N) is 1.